The maximum Gasteiger partial charge on any atom is 0.325 e. The molecule has 0 radical (unpaired) electrons. The Morgan fingerprint density at radius 3 is 2.28 bits per heavy atom. The number of halogens is 3. The molecule has 3 N–H and O–H groups in total. The largest absolute Gasteiger partial charge is 0.460 e. The van der Waals surface area contributed by atoms with E-state index in [4.69, 9.17) is 53.7 Å². The van der Waals surface area contributed by atoms with E-state index in [2.05, 4.69) is 36.5 Å². The molecule has 0 bridgehead atoms. The second kappa shape index (κ2) is 18.1. The first kappa shape index (κ1) is 47.4. The van der Waals surface area contributed by atoms with Crippen LogP contribution in [-0.2, 0) is 37.9 Å². The number of benzene rings is 1. The van der Waals surface area contributed by atoms with Gasteiger partial charge < -0.3 is 24.5 Å². The van der Waals surface area contributed by atoms with Gasteiger partial charge in [0.2, 0.25) is 15.6 Å². The van der Waals surface area contributed by atoms with Gasteiger partial charge in [0, 0.05) is 18.9 Å². The predicted molar refractivity (Wildman–Crippen MR) is 228 cm³/mol. The lowest BCUT2D eigenvalue weighted by Gasteiger charge is -2.44. The quantitative estimate of drug-likeness (QED) is 0.0955. The van der Waals surface area contributed by atoms with Gasteiger partial charge >= 0.3 is 11.9 Å². The summed E-state index contributed by atoms with van der Waals surface area (Å²) in [4.78, 5) is 71.0. The molecule has 3 amide bonds. The summed E-state index contributed by atoms with van der Waals surface area (Å²) in [6.07, 6.45) is 4.04. The summed E-state index contributed by atoms with van der Waals surface area (Å²) in [5.41, 5.74) is 2.64. The number of alkyl halides is 3. The maximum atomic E-state index is 14.7. The average molecular weight is 883 g/mol. The van der Waals surface area contributed by atoms with E-state index in [1.165, 1.54) is 18.9 Å². The smallest absolute Gasteiger partial charge is 0.325 e. The van der Waals surface area contributed by atoms with Crippen LogP contribution in [0.15, 0.2) is 36.4 Å². The number of amides is 3. The second-order valence-corrected chi connectivity index (χ2v) is 24.2. The van der Waals surface area contributed by atoms with Crippen molar-refractivity contribution in [1.82, 2.24) is 26.1 Å². The molecule has 2 aliphatic rings. The van der Waals surface area contributed by atoms with Gasteiger partial charge in [0.15, 0.2) is 8.32 Å². The Bertz CT molecular complexity index is 1920. The van der Waals surface area contributed by atoms with Crippen molar-refractivity contribution in [3.63, 3.8) is 0 Å². The number of hydrogen-bond acceptors (Lipinski definition) is 10. The molecule has 3 heterocycles. The summed E-state index contributed by atoms with van der Waals surface area (Å²) < 4.78 is 15.6. The van der Waals surface area contributed by atoms with Gasteiger partial charge in [-0.15, -0.1) is 0 Å². The van der Waals surface area contributed by atoms with Crippen molar-refractivity contribution in [1.29, 1.82) is 0 Å². The maximum absolute atomic E-state index is 14.7. The highest BCUT2D eigenvalue weighted by molar-refractivity contribution is 6.86. The monoisotopic (exact) mass is 881 g/mol. The fourth-order valence-corrected chi connectivity index (χ4v) is 11.2. The number of carbonyl (C=O) groups is 5. The van der Waals surface area contributed by atoms with E-state index in [0.29, 0.717) is 24.1 Å². The molecule has 0 saturated carbocycles. The summed E-state index contributed by atoms with van der Waals surface area (Å²) in [6.45, 7) is 20.3. The Labute approximate surface area is 357 Å². The van der Waals surface area contributed by atoms with E-state index in [1.807, 2.05) is 77.1 Å². The van der Waals surface area contributed by atoms with Crippen LogP contribution in [0.4, 0.5) is 0 Å². The zero-order valence-corrected chi connectivity index (χ0v) is 38.5. The highest BCUT2D eigenvalue weighted by atomic mass is 35.6. The van der Waals surface area contributed by atoms with Gasteiger partial charge in [-0.05, 0) is 88.7 Å². The number of nitrogens with one attached hydrogen (secondary N) is 3. The van der Waals surface area contributed by atoms with Crippen LogP contribution in [0.2, 0.25) is 17.6 Å². The van der Waals surface area contributed by atoms with Crippen molar-refractivity contribution >= 4 is 89.8 Å². The molecule has 6 atom stereocenters. The minimum Gasteiger partial charge on any atom is -0.460 e. The van der Waals surface area contributed by atoms with Crippen molar-refractivity contribution in [2.45, 2.75) is 133 Å². The third-order valence-corrected chi connectivity index (χ3v) is 16.9. The fraction of sp³-hybridized carbons (Fsp3) is 0.610. The molecule has 1 aromatic heterocycles. The van der Waals surface area contributed by atoms with E-state index in [0.717, 1.165) is 17.0 Å². The van der Waals surface area contributed by atoms with Gasteiger partial charge in [0.25, 0.3) is 5.91 Å². The van der Waals surface area contributed by atoms with Gasteiger partial charge in [-0.25, -0.2) is 10.4 Å². The number of esters is 2. The third-order valence-electron chi connectivity index (χ3n) is 11.5. The molecule has 2 aromatic rings. The molecular weight excluding hydrogens is 825 g/mol. The second-order valence-electron chi connectivity index (χ2n) is 17.3. The van der Waals surface area contributed by atoms with E-state index in [1.54, 1.807) is 6.92 Å². The number of nitrogens with zero attached hydrogens (tertiary/aromatic N) is 2. The van der Waals surface area contributed by atoms with Crippen LogP contribution in [-0.4, -0.2) is 88.6 Å². The molecule has 2 saturated heterocycles. The van der Waals surface area contributed by atoms with Crippen LogP contribution in [0.1, 0.15) is 99.4 Å². The molecule has 0 spiro atoms. The van der Waals surface area contributed by atoms with Gasteiger partial charge in [-0.3, -0.25) is 29.0 Å². The Morgan fingerprint density at radius 1 is 1.05 bits per heavy atom. The molecule has 0 aliphatic carbocycles. The van der Waals surface area contributed by atoms with Gasteiger partial charge in [-0.1, -0.05) is 92.8 Å². The number of pyridine rings is 1. The van der Waals surface area contributed by atoms with Crippen LogP contribution < -0.4 is 16.1 Å². The normalized spacial score (nSPS) is 22.1. The van der Waals surface area contributed by atoms with Crippen LogP contribution >= 0.6 is 34.8 Å². The lowest BCUT2D eigenvalue weighted by Crippen LogP contribution is -2.62. The SMILES string of the molecule is CC(=O)OC(C)c1ccc2ccc(C=CC(C)(C(=O)NC(C(=O)NC(C)C(=O)N3CCCC(C(=O)OCC(Cl)(Cl)Cl)N3)C(C)C)C(C)(C)O[Si]3(C)CC3(C)C)cc2n1. The highest BCUT2D eigenvalue weighted by Gasteiger charge is 2.65. The van der Waals surface area contributed by atoms with Gasteiger partial charge in [0.05, 0.1) is 22.2 Å². The molecule has 1 aromatic carbocycles. The molecule has 17 heteroatoms. The number of carbonyl (C=O) groups excluding carboxylic acids is 5. The average Bonchev–Trinajstić information content (AvgIpc) is 3.63. The molecule has 6 unspecified atom stereocenters. The number of ether oxygens (including phenoxy) is 2. The van der Waals surface area contributed by atoms with Crippen molar-refractivity contribution in [2.24, 2.45) is 11.3 Å². The standard InChI is InChI=1S/C41H58Cl3N5O8Si/c1-24(2)33(34(51)45-25(3)35(52)49-20-12-13-31(48-49)36(53)55-22-41(42,43)44)47-37(54)40(10,39(8,9)57-58(11)23-38(58,6)7)19-18-28-14-15-29-16-17-30(46-32(29)21-28)26(4)56-27(5)50/h14-19,21,24-26,31,33,48H,12-13,20,22-23H2,1-11H3,(H,45,51)(H,47,54). The minimum atomic E-state index is -2.19. The fourth-order valence-electron chi connectivity index (χ4n) is 7.04. The van der Waals surface area contributed by atoms with E-state index in [-0.39, 0.29) is 17.5 Å². The zero-order chi connectivity index (χ0) is 43.6. The number of rotatable bonds is 15. The molecule has 13 nitrogen and oxygen atoms in total. The molecular formula is C41H58Cl3N5O8Si. The van der Waals surface area contributed by atoms with Crippen LogP contribution in [0.5, 0.6) is 0 Å². The first-order valence-corrected chi connectivity index (χ1v) is 23.3. The summed E-state index contributed by atoms with van der Waals surface area (Å²) >= 11 is 17.1. The summed E-state index contributed by atoms with van der Waals surface area (Å²) in [5.74, 6) is -2.89. The summed E-state index contributed by atoms with van der Waals surface area (Å²) in [5, 5.41) is 7.98. The van der Waals surface area contributed by atoms with Crippen molar-refractivity contribution in [2.75, 3.05) is 13.2 Å². The van der Waals surface area contributed by atoms with Gasteiger partial charge in [-0.2, -0.15) is 0 Å². The van der Waals surface area contributed by atoms with Crippen LogP contribution in [0.3, 0.4) is 0 Å². The minimum absolute atomic E-state index is 0.0351. The number of fused-ring (bicyclic) bond motifs is 1. The van der Waals surface area contributed by atoms with E-state index in [9.17, 15) is 24.0 Å². The lowest BCUT2D eigenvalue weighted by molar-refractivity contribution is -0.153. The lowest BCUT2D eigenvalue weighted by atomic mass is 9.73. The molecule has 4 rings (SSSR count). The van der Waals surface area contributed by atoms with E-state index < -0.39 is 83.6 Å². The summed E-state index contributed by atoms with van der Waals surface area (Å²) in [6, 6.07) is 7.57. The topological polar surface area (TPSA) is 165 Å². The number of hydrazine groups is 1. The van der Waals surface area contributed by atoms with E-state index >= 15 is 0 Å². The van der Waals surface area contributed by atoms with Crippen molar-refractivity contribution in [3.05, 3.63) is 47.7 Å². The third kappa shape index (κ3) is 11.5. The summed E-state index contributed by atoms with van der Waals surface area (Å²) in [7, 11) is -2.19. The molecule has 58 heavy (non-hydrogen) atoms. The Morgan fingerprint density at radius 2 is 1.69 bits per heavy atom. The molecule has 2 aliphatic heterocycles. The Kier molecular flexibility index (Phi) is 14.8. The van der Waals surface area contributed by atoms with Crippen molar-refractivity contribution < 1.29 is 37.9 Å². The molecule has 320 valence electrons. The van der Waals surface area contributed by atoms with Crippen LogP contribution in [0.25, 0.3) is 17.0 Å². The first-order valence-electron chi connectivity index (χ1n) is 19.6. The van der Waals surface area contributed by atoms with Crippen molar-refractivity contribution in [3.8, 4) is 0 Å². The van der Waals surface area contributed by atoms with Gasteiger partial charge in [0.1, 0.15) is 30.8 Å². The predicted octanol–water partition coefficient (Wildman–Crippen LogP) is 7.10. The van der Waals surface area contributed by atoms with Crippen LogP contribution in [0, 0.1) is 11.3 Å². The Hall–Kier alpha value is -3.27. The zero-order valence-electron chi connectivity index (χ0n) is 35.3. The number of hydrogen-bond donors (Lipinski definition) is 3. The highest BCUT2D eigenvalue weighted by Crippen LogP contribution is 2.64. The first-order chi connectivity index (χ1) is 26.7. The Balaban J connectivity index is 1.56. The molecule has 2 fully saturated rings. The number of aromatic nitrogens is 1.